The molecule has 0 aromatic carbocycles. The molecule has 1 aliphatic heterocycles. The van der Waals surface area contributed by atoms with Crippen LogP contribution in [0.25, 0.3) is 11.5 Å². The third-order valence-electron chi connectivity index (χ3n) is 4.99. The van der Waals surface area contributed by atoms with Crippen LogP contribution in [0, 0.1) is 6.92 Å². The van der Waals surface area contributed by atoms with E-state index in [-0.39, 0.29) is 0 Å². The molecule has 1 fully saturated rings. The minimum absolute atomic E-state index is 0.336. The highest BCUT2D eigenvalue weighted by Gasteiger charge is 2.26. The normalized spacial score (nSPS) is 16.3. The number of rotatable bonds is 4. The second kappa shape index (κ2) is 6.58. The number of piperidine rings is 1. The Bertz CT molecular complexity index is 1040. The molecule has 0 bridgehead atoms. The van der Waals surface area contributed by atoms with Crippen LogP contribution in [0.15, 0.2) is 41.2 Å². The van der Waals surface area contributed by atoms with Gasteiger partial charge in [-0.3, -0.25) is 4.90 Å². The third kappa shape index (κ3) is 3.10. The van der Waals surface area contributed by atoms with Crippen LogP contribution in [-0.2, 0) is 6.54 Å². The summed E-state index contributed by atoms with van der Waals surface area (Å²) in [6.45, 7) is 4.62. The van der Waals surface area contributed by atoms with Crippen LogP contribution in [0.5, 0.6) is 0 Å². The molecule has 0 radical (unpaired) electrons. The van der Waals surface area contributed by atoms with Gasteiger partial charge in [-0.25, -0.2) is 9.67 Å². The van der Waals surface area contributed by atoms with Crippen molar-refractivity contribution in [2.75, 3.05) is 13.1 Å². The van der Waals surface area contributed by atoms with Gasteiger partial charge in [0, 0.05) is 18.3 Å². The van der Waals surface area contributed by atoms with E-state index in [9.17, 15) is 0 Å². The highest BCUT2D eigenvalue weighted by molar-refractivity contribution is 5.39. The Kier molecular flexibility index (Phi) is 3.93. The summed E-state index contributed by atoms with van der Waals surface area (Å²) >= 11 is 0. The lowest BCUT2D eigenvalue weighted by atomic mass is 9.96. The van der Waals surface area contributed by atoms with E-state index >= 15 is 0 Å². The standard InChI is InChI=1S/C18H20N8O/c1-13-11-19-17(27-13)12-24-9-5-14(6-10-24)18-22-21-15-3-4-16(23-26(15)18)25-8-2-7-20-25/h2-4,7-8,11,14H,5-6,9-10,12H2,1H3. The first kappa shape index (κ1) is 16.1. The van der Waals surface area contributed by atoms with Crippen molar-refractivity contribution in [1.82, 2.24) is 39.5 Å². The fraction of sp³-hybridized carbons (Fsp3) is 0.389. The summed E-state index contributed by atoms with van der Waals surface area (Å²) in [5, 5.41) is 17.7. The van der Waals surface area contributed by atoms with Gasteiger partial charge in [0.25, 0.3) is 0 Å². The number of oxazole rings is 1. The fourth-order valence-electron chi connectivity index (χ4n) is 3.59. The third-order valence-corrected chi connectivity index (χ3v) is 4.99. The van der Waals surface area contributed by atoms with Crippen molar-refractivity contribution in [3.8, 4) is 5.82 Å². The van der Waals surface area contributed by atoms with Crippen molar-refractivity contribution < 1.29 is 4.42 Å². The molecule has 0 N–H and O–H groups in total. The lowest BCUT2D eigenvalue weighted by molar-refractivity contribution is 0.183. The van der Waals surface area contributed by atoms with Gasteiger partial charge in [-0.1, -0.05) is 0 Å². The average molecular weight is 364 g/mol. The molecule has 0 aliphatic carbocycles. The van der Waals surface area contributed by atoms with E-state index in [4.69, 9.17) is 9.52 Å². The minimum atomic E-state index is 0.336. The number of fused-ring (bicyclic) bond motifs is 1. The molecular formula is C18H20N8O. The van der Waals surface area contributed by atoms with Crippen LogP contribution < -0.4 is 0 Å². The topological polar surface area (TPSA) is 90.2 Å². The molecule has 4 aromatic heterocycles. The molecule has 4 aromatic rings. The van der Waals surface area contributed by atoms with Crippen molar-refractivity contribution in [3.63, 3.8) is 0 Å². The van der Waals surface area contributed by atoms with E-state index in [0.29, 0.717) is 5.92 Å². The second-order valence-corrected chi connectivity index (χ2v) is 6.89. The highest BCUT2D eigenvalue weighted by Crippen LogP contribution is 2.27. The summed E-state index contributed by atoms with van der Waals surface area (Å²) in [5.41, 5.74) is 0.763. The molecule has 0 atom stereocenters. The molecule has 9 nitrogen and oxygen atoms in total. The molecule has 5 rings (SSSR count). The van der Waals surface area contributed by atoms with Gasteiger partial charge in [0.2, 0.25) is 5.89 Å². The van der Waals surface area contributed by atoms with Crippen LogP contribution in [0.3, 0.4) is 0 Å². The zero-order valence-electron chi connectivity index (χ0n) is 15.1. The molecule has 1 aliphatic rings. The van der Waals surface area contributed by atoms with Crippen molar-refractivity contribution in [1.29, 1.82) is 0 Å². The van der Waals surface area contributed by atoms with Gasteiger partial charge in [0.05, 0.1) is 12.7 Å². The molecule has 0 saturated carbocycles. The van der Waals surface area contributed by atoms with Crippen molar-refractivity contribution in [3.05, 3.63) is 54.3 Å². The first-order valence-electron chi connectivity index (χ1n) is 9.12. The SMILES string of the molecule is Cc1cnc(CN2CCC(c3nnc4ccc(-n5cccn5)nn34)CC2)o1. The largest absolute Gasteiger partial charge is 0.445 e. The summed E-state index contributed by atoms with van der Waals surface area (Å²) in [7, 11) is 0. The number of hydrogen-bond donors (Lipinski definition) is 0. The first-order valence-corrected chi connectivity index (χ1v) is 9.12. The van der Waals surface area contributed by atoms with Gasteiger partial charge in [-0.15, -0.1) is 15.3 Å². The zero-order chi connectivity index (χ0) is 18.2. The van der Waals surface area contributed by atoms with Gasteiger partial charge in [0.1, 0.15) is 5.76 Å². The van der Waals surface area contributed by atoms with Crippen molar-refractivity contribution >= 4 is 5.65 Å². The maximum Gasteiger partial charge on any atom is 0.208 e. The quantitative estimate of drug-likeness (QED) is 0.547. The molecular weight excluding hydrogens is 344 g/mol. The summed E-state index contributed by atoms with van der Waals surface area (Å²) in [6.07, 6.45) is 7.40. The number of likely N-dealkylation sites (tertiary alicyclic amines) is 1. The van der Waals surface area contributed by atoms with Gasteiger partial charge < -0.3 is 4.42 Å². The number of aryl methyl sites for hydroxylation is 1. The monoisotopic (exact) mass is 364 g/mol. The van der Waals surface area contributed by atoms with Gasteiger partial charge in [0.15, 0.2) is 17.3 Å². The number of hydrogen-bond acceptors (Lipinski definition) is 7. The van der Waals surface area contributed by atoms with Crippen molar-refractivity contribution in [2.24, 2.45) is 0 Å². The number of nitrogens with zero attached hydrogens (tertiary/aromatic N) is 8. The summed E-state index contributed by atoms with van der Waals surface area (Å²) in [5.74, 6) is 3.65. The van der Waals surface area contributed by atoms with Crippen LogP contribution in [0.4, 0.5) is 0 Å². The maximum absolute atomic E-state index is 5.59. The van der Waals surface area contributed by atoms with Crippen LogP contribution in [0.1, 0.15) is 36.2 Å². The van der Waals surface area contributed by atoms with Crippen LogP contribution >= 0.6 is 0 Å². The van der Waals surface area contributed by atoms with Crippen molar-refractivity contribution in [2.45, 2.75) is 32.2 Å². The van der Waals surface area contributed by atoms with E-state index in [1.165, 1.54) is 0 Å². The van der Waals surface area contributed by atoms with Gasteiger partial charge >= 0.3 is 0 Å². The van der Waals surface area contributed by atoms with E-state index in [0.717, 1.165) is 61.4 Å². The number of aromatic nitrogens is 7. The Hall–Kier alpha value is -3.07. The Morgan fingerprint density at radius 2 is 2.07 bits per heavy atom. The maximum atomic E-state index is 5.59. The summed E-state index contributed by atoms with van der Waals surface area (Å²) in [4.78, 5) is 6.67. The van der Waals surface area contributed by atoms with E-state index in [1.54, 1.807) is 17.1 Å². The molecule has 1 saturated heterocycles. The Morgan fingerprint density at radius 3 is 2.81 bits per heavy atom. The lowest BCUT2D eigenvalue weighted by Gasteiger charge is -2.29. The summed E-state index contributed by atoms with van der Waals surface area (Å²) < 4.78 is 9.19. The Balaban J connectivity index is 1.33. The molecule has 9 heteroatoms. The van der Waals surface area contributed by atoms with Crippen LogP contribution in [-0.4, -0.2) is 52.6 Å². The molecule has 27 heavy (non-hydrogen) atoms. The predicted octanol–water partition coefficient (Wildman–Crippen LogP) is 1.99. The van der Waals surface area contributed by atoms with Gasteiger partial charge in [-0.2, -0.15) is 9.61 Å². The molecule has 0 spiro atoms. The lowest BCUT2D eigenvalue weighted by Crippen LogP contribution is -2.33. The Labute approximate surface area is 155 Å². The second-order valence-electron chi connectivity index (χ2n) is 6.89. The molecule has 138 valence electrons. The molecule has 0 amide bonds. The first-order chi connectivity index (χ1) is 13.3. The highest BCUT2D eigenvalue weighted by atomic mass is 16.4. The molecule has 5 heterocycles. The van der Waals surface area contributed by atoms with Crippen LogP contribution in [0.2, 0.25) is 0 Å². The predicted molar refractivity (Wildman–Crippen MR) is 96.4 cm³/mol. The van der Waals surface area contributed by atoms with E-state index in [2.05, 4.69) is 25.2 Å². The van der Waals surface area contributed by atoms with Gasteiger partial charge in [-0.05, 0) is 51.1 Å². The molecule has 0 unspecified atom stereocenters. The zero-order valence-corrected chi connectivity index (χ0v) is 15.1. The average Bonchev–Trinajstić information content (AvgIpc) is 3.43. The smallest absolute Gasteiger partial charge is 0.208 e. The fourth-order valence-corrected chi connectivity index (χ4v) is 3.59. The minimum Gasteiger partial charge on any atom is -0.445 e. The van der Waals surface area contributed by atoms with E-state index in [1.807, 2.05) is 35.8 Å². The van der Waals surface area contributed by atoms with E-state index < -0.39 is 0 Å². The Morgan fingerprint density at radius 1 is 1.19 bits per heavy atom. The summed E-state index contributed by atoms with van der Waals surface area (Å²) in [6, 6.07) is 5.71.